The van der Waals surface area contributed by atoms with Crippen LogP contribution >= 0.6 is 0 Å². The van der Waals surface area contributed by atoms with E-state index in [2.05, 4.69) is 12.2 Å². The average molecular weight is 229 g/mol. The number of carbonyl (C=O) groups is 1. The summed E-state index contributed by atoms with van der Waals surface area (Å²) in [6.07, 6.45) is 2.18. The quantitative estimate of drug-likeness (QED) is 0.733. The largest absolute Gasteiger partial charge is 0.383 e. The number of amides is 2. The van der Waals surface area contributed by atoms with Crippen LogP contribution in [0.3, 0.4) is 0 Å². The van der Waals surface area contributed by atoms with Crippen molar-refractivity contribution >= 4 is 6.03 Å². The maximum atomic E-state index is 11.9. The van der Waals surface area contributed by atoms with Crippen molar-refractivity contribution < 1.29 is 9.53 Å². The molecule has 0 bridgehead atoms. The fourth-order valence-electron chi connectivity index (χ4n) is 1.85. The molecule has 1 saturated heterocycles. The molecule has 0 saturated carbocycles. The molecule has 1 fully saturated rings. The van der Waals surface area contributed by atoms with Crippen molar-refractivity contribution in [3.05, 3.63) is 0 Å². The van der Waals surface area contributed by atoms with Crippen molar-refractivity contribution in [3.8, 4) is 0 Å². The molecule has 1 heterocycles. The number of urea groups is 1. The highest BCUT2D eigenvalue weighted by atomic mass is 16.5. The smallest absolute Gasteiger partial charge is 0.317 e. The van der Waals surface area contributed by atoms with Crippen molar-refractivity contribution in [1.29, 1.82) is 0 Å². The minimum atomic E-state index is -0.0863. The van der Waals surface area contributed by atoms with Crippen LogP contribution in [0, 0.1) is 5.92 Å². The number of nitrogens with zero attached hydrogens (tertiary/aromatic N) is 1. The molecular formula is C11H23N3O2. The molecule has 2 amide bonds. The number of hydrogen-bond acceptors (Lipinski definition) is 3. The summed E-state index contributed by atoms with van der Waals surface area (Å²) in [7, 11) is 1.61. The Balaban J connectivity index is 2.33. The van der Waals surface area contributed by atoms with Gasteiger partial charge in [-0.1, -0.05) is 6.92 Å². The van der Waals surface area contributed by atoms with E-state index in [1.807, 2.05) is 4.90 Å². The number of nitrogens with one attached hydrogen (secondary N) is 1. The monoisotopic (exact) mass is 229 g/mol. The van der Waals surface area contributed by atoms with Gasteiger partial charge in [-0.25, -0.2) is 4.79 Å². The highest BCUT2D eigenvalue weighted by molar-refractivity contribution is 5.74. The summed E-state index contributed by atoms with van der Waals surface area (Å²) in [5.41, 5.74) is 5.55. The zero-order chi connectivity index (χ0) is 12.0. The molecule has 1 atom stereocenters. The standard InChI is InChI=1S/C11H23N3O2/c1-9-3-5-14(6-4-9)11(15)13-10(7-12)8-16-2/h9-10H,3-8,12H2,1-2H3,(H,13,15). The lowest BCUT2D eigenvalue weighted by molar-refractivity contribution is 0.147. The molecule has 0 aromatic heterocycles. The summed E-state index contributed by atoms with van der Waals surface area (Å²) in [5, 5.41) is 2.89. The van der Waals surface area contributed by atoms with Crippen molar-refractivity contribution in [3.63, 3.8) is 0 Å². The summed E-state index contributed by atoms with van der Waals surface area (Å²) in [6.45, 7) is 4.79. The van der Waals surface area contributed by atoms with Gasteiger partial charge in [0.25, 0.3) is 0 Å². The molecule has 1 aliphatic rings. The van der Waals surface area contributed by atoms with Crippen LogP contribution in [0.4, 0.5) is 4.79 Å². The summed E-state index contributed by atoms with van der Waals surface area (Å²) in [6, 6.07) is -0.101. The average Bonchev–Trinajstić information content (AvgIpc) is 2.29. The molecule has 0 aromatic carbocycles. The first-order valence-corrected chi connectivity index (χ1v) is 5.91. The van der Waals surface area contributed by atoms with Crippen molar-refractivity contribution in [1.82, 2.24) is 10.2 Å². The zero-order valence-corrected chi connectivity index (χ0v) is 10.2. The molecule has 1 unspecified atom stereocenters. The summed E-state index contributed by atoms with van der Waals surface area (Å²) in [5.74, 6) is 0.730. The third-order valence-electron chi connectivity index (χ3n) is 3.05. The van der Waals surface area contributed by atoms with E-state index in [0.717, 1.165) is 31.8 Å². The first-order chi connectivity index (χ1) is 7.67. The molecule has 0 aliphatic carbocycles. The highest BCUT2D eigenvalue weighted by Gasteiger charge is 2.21. The van der Waals surface area contributed by atoms with E-state index >= 15 is 0 Å². The van der Waals surface area contributed by atoms with Gasteiger partial charge in [0.15, 0.2) is 0 Å². The Morgan fingerprint density at radius 3 is 2.69 bits per heavy atom. The SMILES string of the molecule is COCC(CN)NC(=O)N1CCC(C)CC1. The zero-order valence-electron chi connectivity index (χ0n) is 10.2. The Bertz CT molecular complexity index is 215. The van der Waals surface area contributed by atoms with Crippen molar-refractivity contribution in [2.75, 3.05) is 33.4 Å². The molecule has 0 aromatic rings. The van der Waals surface area contributed by atoms with Crippen LogP contribution in [0.1, 0.15) is 19.8 Å². The number of nitrogens with two attached hydrogens (primary N) is 1. The minimum absolute atomic E-state index is 0.0144. The van der Waals surface area contributed by atoms with Crippen LogP contribution in [0.25, 0.3) is 0 Å². The van der Waals surface area contributed by atoms with Gasteiger partial charge in [0, 0.05) is 26.7 Å². The van der Waals surface area contributed by atoms with Gasteiger partial charge in [-0.05, 0) is 18.8 Å². The maximum Gasteiger partial charge on any atom is 0.317 e. The topological polar surface area (TPSA) is 67.6 Å². The maximum absolute atomic E-state index is 11.9. The van der Waals surface area contributed by atoms with Gasteiger partial charge in [-0.15, -0.1) is 0 Å². The van der Waals surface area contributed by atoms with Gasteiger partial charge < -0.3 is 20.7 Å². The lowest BCUT2D eigenvalue weighted by atomic mass is 10.00. The second-order valence-electron chi connectivity index (χ2n) is 4.51. The van der Waals surface area contributed by atoms with Crippen molar-refractivity contribution in [2.45, 2.75) is 25.8 Å². The Morgan fingerprint density at radius 1 is 1.56 bits per heavy atom. The fourth-order valence-corrected chi connectivity index (χ4v) is 1.85. The number of hydrogen-bond donors (Lipinski definition) is 2. The van der Waals surface area contributed by atoms with Gasteiger partial charge in [0.1, 0.15) is 0 Å². The molecule has 0 radical (unpaired) electrons. The van der Waals surface area contributed by atoms with E-state index in [1.165, 1.54) is 0 Å². The number of methoxy groups -OCH3 is 1. The Hall–Kier alpha value is -0.810. The van der Waals surface area contributed by atoms with Crippen LogP contribution < -0.4 is 11.1 Å². The second-order valence-corrected chi connectivity index (χ2v) is 4.51. The first-order valence-electron chi connectivity index (χ1n) is 5.91. The predicted molar refractivity (Wildman–Crippen MR) is 63.2 cm³/mol. The van der Waals surface area contributed by atoms with E-state index in [4.69, 9.17) is 10.5 Å². The Labute approximate surface area is 97.3 Å². The third-order valence-corrected chi connectivity index (χ3v) is 3.05. The molecule has 0 spiro atoms. The number of rotatable bonds is 4. The van der Waals surface area contributed by atoms with Gasteiger partial charge >= 0.3 is 6.03 Å². The summed E-state index contributed by atoms with van der Waals surface area (Å²) < 4.78 is 4.99. The molecule has 3 N–H and O–H groups in total. The van der Waals surface area contributed by atoms with Crippen LogP contribution in [-0.4, -0.2) is 50.3 Å². The van der Waals surface area contributed by atoms with Gasteiger partial charge in [-0.2, -0.15) is 0 Å². The van der Waals surface area contributed by atoms with E-state index in [-0.39, 0.29) is 12.1 Å². The van der Waals surface area contributed by atoms with E-state index in [0.29, 0.717) is 13.2 Å². The van der Waals surface area contributed by atoms with Crippen LogP contribution in [0.15, 0.2) is 0 Å². The van der Waals surface area contributed by atoms with Crippen molar-refractivity contribution in [2.24, 2.45) is 11.7 Å². The minimum Gasteiger partial charge on any atom is -0.383 e. The molecule has 5 heteroatoms. The van der Waals surface area contributed by atoms with Crippen LogP contribution in [0.2, 0.25) is 0 Å². The molecule has 94 valence electrons. The Morgan fingerprint density at radius 2 is 2.19 bits per heavy atom. The van der Waals surface area contributed by atoms with Gasteiger partial charge in [0.2, 0.25) is 0 Å². The summed E-state index contributed by atoms with van der Waals surface area (Å²) in [4.78, 5) is 13.7. The van der Waals surface area contributed by atoms with E-state index < -0.39 is 0 Å². The normalized spacial score (nSPS) is 19.6. The highest BCUT2D eigenvalue weighted by Crippen LogP contribution is 2.15. The van der Waals surface area contributed by atoms with Crippen LogP contribution in [-0.2, 0) is 4.74 Å². The number of piperidine rings is 1. The number of ether oxygens (including phenoxy) is 1. The third kappa shape index (κ3) is 3.98. The first kappa shape index (κ1) is 13.3. The summed E-state index contributed by atoms with van der Waals surface area (Å²) >= 11 is 0. The number of carbonyl (C=O) groups excluding carboxylic acids is 1. The van der Waals surface area contributed by atoms with Gasteiger partial charge in [0.05, 0.1) is 12.6 Å². The predicted octanol–water partition coefficient (Wildman–Crippen LogP) is 0.402. The fraction of sp³-hybridized carbons (Fsp3) is 0.909. The second kappa shape index (κ2) is 6.70. The van der Waals surface area contributed by atoms with E-state index in [1.54, 1.807) is 7.11 Å². The molecule has 1 rings (SSSR count). The van der Waals surface area contributed by atoms with Gasteiger partial charge in [-0.3, -0.25) is 0 Å². The molecule has 5 nitrogen and oxygen atoms in total. The lowest BCUT2D eigenvalue weighted by Gasteiger charge is -2.31. The molecular weight excluding hydrogens is 206 g/mol. The molecule has 1 aliphatic heterocycles. The van der Waals surface area contributed by atoms with E-state index in [9.17, 15) is 4.79 Å². The number of likely N-dealkylation sites (tertiary alicyclic amines) is 1. The lowest BCUT2D eigenvalue weighted by Crippen LogP contribution is -2.51. The Kier molecular flexibility index (Phi) is 5.55. The molecule has 16 heavy (non-hydrogen) atoms. The van der Waals surface area contributed by atoms with Crippen LogP contribution in [0.5, 0.6) is 0 Å².